The molecule has 1 atom stereocenters. The van der Waals surface area contributed by atoms with Crippen molar-refractivity contribution in [2.45, 2.75) is 13.0 Å². The molecule has 0 aliphatic rings. The molecule has 17 heavy (non-hydrogen) atoms. The standard InChI is InChI=1S/C10H15N3O3S/c1-7(9(15)11-4-6-16-2)13-5-3-8(14)12-10(13)17/h3,5,7H,4,6H2,1-2H3,(H,11,15)(H,12,14,17). The summed E-state index contributed by atoms with van der Waals surface area (Å²) in [6.45, 7) is 2.60. The third kappa shape index (κ3) is 3.79. The van der Waals surface area contributed by atoms with Gasteiger partial charge in [0, 0.05) is 25.9 Å². The molecule has 7 heteroatoms. The van der Waals surface area contributed by atoms with Crippen molar-refractivity contribution in [3.8, 4) is 0 Å². The number of nitrogens with one attached hydrogen (secondary N) is 2. The van der Waals surface area contributed by atoms with Crippen molar-refractivity contribution in [3.05, 3.63) is 27.4 Å². The number of rotatable bonds is 5. The quantitative estimate of drug-likeness (QED) is 0.585. The fraction of sp³-hybridized carbons (Fsp3) is 0.500. The highest BCUT2D eigenvalue weighted by Crippen LogP contribution is 2.04. The van der Waals surface area contributed by atoms with Crippen LogP contribution >= 0.6 is 12.2 Å². The molecule has 0 saturated carbocycles. The second kappa shape index (κ2) is 6.31. The number of carbonyl (C=O) groups excluding carboxylic acids is 1. The molecule has 0 saturated heterocycles. The van der Waals surface area contributed by atoms with Crippen molar-refractivity contribution in [1.82, 2.24) is 14.9 Å². The third-order valence-electron chi connectivity index (χ3n) is 2.25. The monoisotopic (exact) mass is 257 g/mol. The van der Waals surface area contributed by atoms with Gasteiger partial charge < -0.3 is 14.6 Å². The minimum absolute atomic E-state index is 0.176. The number of H-pyrrole nitrogens is 1. The minimum atomic E-state index is -0.476. The van der Waals surface area contributed by atoms with Gasteiger partial charge in [-0.15, -0.1) is 0 Å². The summed E-state index contributed by atoms with van der Waals surface area (Å²) in [4.78, 5) is 25.2. The Bertz CT molecular complexity index is 494. The van der Waals surface area contributed by atoms with Crippen molar-refractivity contribution < 1.29 is 9.53 Å². The summed E-state index contributed by atoms with van der Waals surface area (Å²) < 4.78 is 6.58. The molecule has 1 amide bonds. The second-order valence-corrected chi connectivity index (χ2v) is 3.86. The van der Waals surface area contributed by atoms with Gasteiger partial charge in [0.2, 0.25) is 5.91 Å². The van der Waals surface area contributed by atoms with Gasteiger partial charge >= 0.3 is 0 Å². The van der Waals surface area contributed by atoms with Gasteiger partial charge in [-0.2, -0.15) is 0 Å². The van der Waals surface area contributed by atoms with Gasteiger partial charge in [0.05, 0.1) is 6.61 Å². The number of aromatic nitrogens is 2. The number of ether oxygens (including phenoxy) is 1. The number of aromatic amines is 1. The van der Waals surface area contributed by atoms with Gasteiger partial charge in [-0.25, -0.2) is 0 Å². The summed E-state index contributed by atoms with van der Waals surface area (Å²) >= 11 is 4.97. The summed E-state index contributed by atoms with van der Waals surface area (Å²) in [6.07, 6.45) is 1.50. The van der Waals surface area contributed by atoms with Crippen LogP contribution in [-0.2, 0) is 9.53 Å². The normalized spacial score (nSPS) is 12.1. The smallest absolute Gasteiger partial charge is 0.251 e. The van der Waals surface area contributed by atoms with Crippen LogP contribution in [0, 0.1) is 4.77 Å². The molecule has 0 radical (unpaired) electrons. The Kier molecular flexibility index (Phi) is 5.05. The van der Waals surface area contributed by atoms with Crippen molar-refractivity contribution in [1.29, 1.82) is 0 Å². The summed E-state index contributed by atoms with van der Waals surface area (Å²) in [5.41, 5.74) is -0.279. The zero-order valence-corrected chi connectivity index (χ0v) is 10.5. The Hall–Kier alpha value is -1.47. The van der Waals surface area contributed by atoms with Gasteiger partial charge in [0.1, 0.15) is 6.04 Å². The van der Waals surface area contributed by atoms with Crippen molar-refractivity contribution in [3.63, 3.8) is 0 Å². The molecule has 1 unspecified atom stereocenters. The number of hydrogen-bond donors (Lipinski definition) is 2. The van der Waals surface area contributed by atoms with Crippen LogP contribution in [0.25, 0.3) is 0 Å². The highest BCUT2D eigenvalue weighted by molar-refractivity contribution is 7.71. The molecule has 0 aliphatic carbocycles. The number of carbonyl (C=O) groups is 1. The van der Waals surface area contributed by atoms with Crippen LogP contribution in [0.5, 0.6) is 0 Å². The number of methoxy groups -OCH3 is 1. The second-order valence-electron chi connectivity index (χ2n) is 3.48. The largest absolute Gasteiger partial charge is 0.383 e. The van der Waals surface area contributed by atoms with E-state index in [1.54, 1.807) is 14.0 Å². The molecule has 0 spiro atoms. The summed E-state index contributed by atoms with van der Waals surface area (Å²) in [7, 11) is 1.56. The Balaban J connectivity index is 2.75. The molecule has 1 aromatic rings. The Morgan fingerprint density at radius 3 is 3.00 bits per heavy atom. The molecule has 6 nitrogen and oxygen atoms in total. The van der Waals surface area contributed by atoms with E-state index in [4.69, 9.17) is 17.0 Å². The maximum Gasteiger partial charge on any atom is 0.251 e. The number of amides is 1. The molecule has 0 fully saturated rings. The van der Waals surface area contributed by atoms with Crippen LogP contribution in [-0.4, -0.2) is 35.7 Å². The van der Waals surface area contributed by atoms with E-state index in [2.05, 4.69) is 10.3 Å². The zero-order valence-electron chi connectivity index (χ0n) is 9.73. The molecule has 1 heterocycles. The van der Waals surface area contributed by atoms with E-state index < -0.39 is 6.04 Å². The maximum atomic E-state index is 11.7. The lowest BCUT2D eigenvalue weighted by Crippen LogP contribution is -2.34. The predicted molar refractivity (Wildman–Crippen MR) is 65.5 cm³/mol. The Labute approximate surface area is 104 Å². The van der Waals surface area contributed by atoms with Gasteiger partial charge in [-0.1, -0.05) is 0 Å². The molecule has 1 aromatic heterocycles. The van der Waals surface area contributed by atoms with Gasteiger partial charge in [0.15, 0.2) is 4.77 Å². The third-order valence-corrected chi connectivity index (χ3v) is 2.57. The van der Waals surface area contributed by atoms with Crippen molar-refractivity contribution >= 4 is 18.1 Å². The van der Waals surface area contributed by atoms with Crippen LogP contribution < -0.4 is 10.9 Å². The molecule has 1 rings (SSSR count). The van der Waals surface area contributed by atoms with Gasteiger partial charge in [-0.3, -0.25) is 14.6 Å². The van der Waals surface area contributed by atoms with E-state index in [1.807, 2.05) is 0 Å². The number of nitrogens with zero attached hydrogens (tertiary/aromatic N) is 1. The van der Waals surface area contributed by atoms with E-state index in [0.29, 0.717) is 13.2 Å². The SMILES string of the molecule is COCCNC(=O)C(C)n1ccc(=O)[nH]c1=S. The minimum Gasteiger partial charge on any atom is -0.383 e. The van der Waals surface area contributed by atoms with Crippen LogP contribution in [0.1, 0.15) is 13.0 Å². The lowest BCUT2D eigenvalue weighted by molar-refractivity contribution is -0.124. The fourth-order valence-corrected chi connectivity index (χ4v) is 1.60. The Morgan fingerprint density at radius 1 is 1.71 bits per heavy atom. The molecule has 0 aromatic carbocycles. The van der Waals surface area contributed by atoms with Gasteiger partial charge in [0.25, 0.3) is 5.56 Å². The summed E-state index contributed by atoms with van der Waals surface area (Å²) in [5, 5.41) is 2.70. The van der Waals surface area contributed by atoms with E-state index in [1.165, 1.54) is 16.8 Å². The fourth-order valence-electron chi connectivity index (χ4n) is 1.28. The van der Waals surface area contributed by atoms with E-state index in [-0.39, 0.29) is 16.2 Å². The number of hydrogen-bond acceptors (Lipinski definition) is 4. The summed E-state index contributed by atoms with van der Waals surface area (Å²) in [5.74, 6) is -0.176. The molecule has 2 N–H and O–H groups in total. The first kappa shape index (κ1) is 13.6. The van der Waals surface area contributed by atoms with E-state index in [0.717, 1.165) is 0 Å². The summed E-state index contributed by atoms with van der Waals surface area (Å²) in [6, 6.07) is 0.852. The lowest BCUT2D eigenvalue weighted by atomic mass is 10.3. The molecule has 94 valence electrons. The average molecular weight is 257 g/mol. The van der Waals surface area contributed by atoms with Crippen LogP contribution in [0.4, 0.5) is 0 Å². The van der Waals surface area contributed by atoms with Crippen LogP contribution in [0.15, 0.2) is 17.1 Å². The van der Waals surface area contributed by atoms with E-state index >= 15 is 0 Å². The highest BCUT2D eigenvalue weighted by atomic mass is 32.1. The van der Waals surface area contributed by atoms with Crippen molar-refractivity contribution in [2.75, 3.05) is 20.3 Å². The highest BCUT2D eigenvalue weighted by Gasteiger charge is 2.14. The maximum absolute atomic E-state index is 11.7. The average Bonchev–Trinajstić information content (AvgIpc) is 2.28. The first-order valence-corrected chi connectivity index (χ1v) is 5.55. The molecule has 0 bridgehead atoms. The molecule has 0 aliphatic heterocycles. The topological polar surface area (TPSA) is 76.1 Å². The van der Waals surface area contributed by atoms with E-state index in [9.17, 15) is 9.59 Å². The van der Waals surface area contributed by atoms with Crippen LogP contribution in [0.3, 0.4) is 0 Å². The van der Waals surface area contributed by atoms with Crippen LogP contribution in [0.2, 0.25) is 0 Å². The first-order chi connectivity index (χ1) is 8.06. The Morgan fingerprint density at radius 2 is 2.41 bits per heavy atom. The molecular weight excluding hydrogens is 242 g/mol. The lowest BCUT2D eigenvalue weighted by Gasteiger charge is -2.15. The van der Waals surface area contributed by atoms with Gasteiger partial charge in [-0.05, 0) is 19.1 Å². The molecular formula is C10H15N3O3S. The van der Waals surface area contributed by atoms with Crippen molar-refractivity contribution in [2.24, 2.45) is 0 Å². The predicted octanol–water partition coefficient (Wildman–Crippen LogP) is 0.229. The zero-order chi connectivity index (χ0) is 12.8. The first-order valence-electron chi connectivity index (χ1n) is 5.14.